The SMILES string of the molecule is O=C1C(Cl)=C(N2CCC(C(=O)O)CC2)C(=O)c2ccccc21. The van der Waals surface area contributed by atoms with Crippen LogP contribution in [0.1, 0.15) is 33.6 Å². The quantitative estimate of drug-likeness (QED) is 0.905. The maximum Gasteiger partial charge on any atom is 0.306 e. The minimum atomic E-state index is -0.823. The van der Waals surface area contributed by atoms with E-state index in [1.54, 1.807) is 29.2 Å². The van der Waals surface area contributed by atoms with Gasteiger partial charge in [-0.25, -0.2) is 0 Å². The van der Waals surface area contributed by atoms with Crippen molar-refractivity contribution in [1.82, 2.24) is 4.90 Å². The highest BCUT2D eigenvalue weighted by Gasteiger charge is 2.36. The van der Waals surface area contributed by atoms with Gasteiger partial charge in [0.15, 0.2) is 0 Å². The van der Waals surface area contributed by atoms with Crippen molar-refractivity contribution in [1.29, 1.82) is 0 Å². The molecule has 0 bridgehead atoms. The Morgan fingerprint density at radius 2 is 1.64 bits per heavy atom. The smallest absolute Gasteiger partial charge is 0.306 e. The van der Waals surface area contributed by atoms with E-state index in [1.165, 1.54) is 0 Å². The van der Waals surface area contributed by atoms with Gasteiger partial charge in [0.2, 0.25) is 11.6 Å². The van der Waals surface area contributed by atoms with Crippen LogP contribution in [0, 0.1) is 5.92 Å². The minimum absolute atomic E-state index is 0.0718. The number of allylic oxidation sites excluding steroid dienone is 2. The molecule has 1 heterocycles. The van der Waals surface area contributed by atoms with Crippen molar-refractivity contribution >= 4 is 29.1 Å². The predicted molar refractivity (Wildman–Crippen MR) is 79.9 cm³/mol. The third-order valence-electron chi connectivity index (χ3n) is 4.20. The summed E-state index contributed by atoms with van der Waals surface area (Å²) >= 11 is 6.14. The molecule has 3 rings (SSSR count). The number of likely N-dealkylation sites (tertiary alicyclic amines) is 1. The number of nitrogens with zero attached hydrogens (tertiary/aromatic N) is 1. The number of rotatable bonds is 2. The number of halogens is 1. The van der Waals surface area contributed by atoms with E-state index in [1.807, 2.05) is 0 Å². The van der Waals surface area contributed by atoms with Crippen molar-refractivity contribution in [3.8, 4) is 0 Å². The standard InChI is InChI=1S/C16H14ClNO4/c17-12-13(18-7-5-9(6-8-18)16(21)22)15(20)11-4-2-1-3-10(11)14(12)19/h1-4,9H,5-8H2,(H,21,22). The Hall–Kier alpha value is -2.14. The van der Waals surface area contributed by atoms with Crippen LogP contribution in [0.15, 0.2) is 35.0 Å². The lowest BCUT2D eigenvalue weighted by atomic mass is 9.90. The molecule has 22 heavy (non-hydrogen) atoms. The van der Waals surface area contributed by atoms with Gasteiger partial charge in [0.1, 0.15) is 10.7 Å². The molecule has 1 aliphatic heterocycles. The van der Waals surface area contributed by atoms with Crippen molar-refractivity contribution < 1.29 is 19.5 Å². The van der Waals surface area contributed by atoms with Crippen molar-refractivity contribution in [2.45, 2.75) is 12.8 Å². The number of Topliss-reactive ketones (excluding diaryl/α,β-unsaturated/α-hetero) is 2. The average Bonchev–Trinajstić information content (AvgIpc) is 2.53. The minimum Gasteiger partial charge on any atom is -0.481 e. The van der Waals surface area contributed by atoms with Crippen molar-refractivity contribution in [3.63, 3.8) is 0 Å². The summed E-state index contributed by atoms with van der Waals surface area (Å²) in [4.78, 5) is 37.7. The first-order valence-corrected chi connectivity index (χ1v) is 7.44. The summed E-state index contributed by atoms with van der Waals surface area (Å²) in [5.74, 6) is -1.85. The highest BCUT2D eigenvalue weighted by Crippen LogP contribution is 2.32. The predicted octanol–water partition coefficient (Wildman–Crippen LogP) is 2.31. The number of benzene rings is 1. The van der Waals surface area contributed by atoms with E-state index in [-0.39, 0.29) is 22.3 Å². The molecule has 0 spiro atoms. The van der Waals surface area contributed by atoms with Gasteiger partial charge < -0.3 is 10.0 Å². The monoisotopic (exact) mass is 319 g/mol. The van der Waals surface area contributed by atoms with Crippen molar-refractivity contribution in [2.24, 2.45) is 5.92 Å². The Morgan fingerprint density at radius 3 is 2.18 bits per heavy atom. The zero-order chi connectivity index (χ0) is 15.9. The molecule has 1 fully saturated rings. The van der Waals surface area contributed by atoms with Gasteiger partial charge in [0, 0.05) is 24.2 Å². The lowest BCUT2D eigenvalue weighted by molar-refractivity contribution is -0.143. The van der Waals surface area contributed by atoms with Gasteiger partial charge in [-0.1, -0.05) is 35.9 Å². The number of carbonyl (C=O) groups excluding carboxylic acids is 2. The second-order valence-corrected chi connectivity index (χ2v) is 5.84. The van der Waals surface area contributed by atoms with Crippen LogP contribution < -0.4 is 0 Å². The molecular formula is C16H14ClNO4. The first-order valence-electron chi connectivity index (χ1n) is 7.06. The van der Waals surface area contributed by atoms with E-state index in [2.05, 4.69) is 0 Å². The summed E-state index contributed by atoms with van der Waals surface area (Å²) in [5.41, 5.74) is 0.878. The fraction of sp³-hybridized carbons (Fsp3) is 0.312. The third-order valence-corrected chi connectivity index (χ3v) is 4.55. The molecule has 0 radical (unpaired) electrons. The molecule has 1 aromatic rings. The van der Waals surface area contributed by atoms with E-state index in [0.29, 0.717) is 37.1 Å². The van der Waals surface area contributed by atoms with Crippen LogP contribution >= 0.6 is 11.6 Å². The average molecular weight is 320 g/mol. The van der Waals surface area contributed by atoms with Gasteiger partial charge >= 0.3 is 5.97 Å². The first-order chi connectivity index (χ1) is 10.5. The normalized spacial score (nSPS) is 19.4. The summed E-state index contributed by atoms with van der Waals surface area (Å²) in [5, 5.41) is 8.96. The van der Waals surface area contributed by atoms with Gasteiger partial charge in [-0.2, -0.15) is 0 Å². The van der Waals surface area contributed by atoms with Gasteiger partial charge in [-0.15, -0.1) is 0 Å². The molecule has 0 saturated carbocycles. The molecule has 0 aromatic heterocycles. The summed E-state index contributed by atoms with van der Waals surface area (Å²) < 4.78 is 0. The molecule has 1 N–H and O–H groups in total. The molecule has 1 aliphatic carbocycles. The molecule has 2 aliphatic rings. The second kappa shape index (κ2) is 5.57. The molecular weight excluding hydrogens is 306 g/mol. The van der Waals surface area contributed by atoms with Crippen LogP contribution in [-0.2, 0) is 4.79 Å². The van der Waals surface area contributed by atoms with Gasteiger partial charge in [0.05, 0.1) is 5.92 Å². The Kier molecular flexibility index (Phi) is 3.74. The summed E-state index contributed by atoms with van der Waals surface area (Å²) in [6.07, 6.45) is 0.873. The molecule has 0 amide bonds. The molecule has 0 unspecified atom stereocenters. The topological polar surface area (TPSA) is 74.7 Å². The lowest BCUT2D eigenvalue weighted by Crippen LogP contribution is -2.40. The van der Waals surface area contributed by atoms with E-state index in [4.69, 9.17) is 16.7 Å². The Morgan fingerprint density at radius 1 is 1.09 bits per heavy atom. The van der Waals surface area contributed by atoms with E-state index >= 15 is 0 Å². The maximum absolute atomic E-state index is 12.6. The molecule has 114 valence electrons. The summed E-state index contributed by atoms with van der Waals surface area (Å²) in [7, 11) is 0. The Balaban J connectivity index is 1.92. The Labute approximate surface area is 132 Å². The van der Waals surface area contributed by atoms with Crippen molar-refractivity contribution in [2.75, 3.05) is 13.1 Å². The zero-order valence-electron chi connectivity index (χ0n) is 11.7. The van der Waals surface area contributed by atoms with E-state index in [9.17, 15) is 14.4 Å². The van der Waals surface area contributed by atoms with Crippen LogP contribution in [0.4, 0.5) is 0 Å². The molecule has 0 atom stereocenters. The maximum atomic E-state index is 12.6. The number of aliphatic carboxylic acids is 1. The summed E-state index contributed by atoms with van der Waals surface area (Å²) in [6, 6.07) is 6.60. The fourth-order valence-corrected chi connectivity index (χ4v) is 3.27. The van der Waals surface area contributed by atoms with Crippen molar-refractivity contribution in [3.05, 3.63) is 46.1 Å². The van der Waals surface area contributed by atoms with Crippen LogP contribution in [0.3, 0.4) is 0 Å². The second-order valence-electron chi connectivity index (χ2n) is 5.47. The largest absolute Gasteiger partial charge is 0.481 e. The van der Waals surface area contributed by atoms with E-state index in [0.717, 1.165) is 0 Å². The highest BCUT2D eigenvalue weighted by atomic mass is 35.5. The number of carboxylic acids is 1. The molecule has 1 aromatic carbocycles. The van der Waals surface area contributed by atoms with Gasteiger partial charge in [-0.3, -0.25) is 14.4 Å². The first kappa shape index (κ1) is 14.8. The van der Waals surface area contributed by atoms with E-state index < -0.39 is 11.9 Å². The van der Waals surface area contributed by atoms with Crippen LogP contribution in [0.2, 0.25) is 0 Å². The number of carbonyl (C=O) groups is 3. The number of piperidine rings is 1. The summed E-state index contributed by atoms with van der Waals surface area (Å²) in [6.45, 7) is 0.813. The number of carboxylic acid groups (broad SMARTS) is 1. The number of hydrogen-bond acceptors (Lipinski definition) is 4. The number of ketones is 2. The van der Waals surface area contributed by atoms with Gasteiger partial charge in [0.25, 0.3) is 0 Å². The van der Waals surface area contributed by atoms with Crippen LogP contribution in [0.5, 0.6) is 0 Å². The number of hydrogen-bond donors (Lipinski definition) is 1. The Bertz CT molecular complexity index is 702. The fourth-order valence-electron chi connectivity index (χ4n) is 2.96. The zero-order valence-corrected chi connectivity index (χ0v) is 12.5. The molecule has 1 saturated heterocycles. The number of fused-ring (bicyclic) bond motifs is 1. The van der Waals surface area contributed by atoms with Crippen LogP contribution in [-0.4, -0.2) is 40.6 Å². The van der Waals surface area contributed by atoms with Gasteiger partial charge in [-0.05, 0) is 12.8 Å². The lowest BCUT2D eigenvalue weighted by Gasteiger charge is -2.34. The van der Waals surface area contributed by atoms with Crippen LogP contribution in [0.25, 0.3) is 0 Å². The molecule has 5 nitrogen and oxygen atoms in total. The highest BCUT2D eigenvalue weighted by molar-refractivity contribution is 6.49. The third kappa shape index (κ3) is 2.31. The molecule has 6 heteroatoms.